The fraction of sp³-hybridized carbons (Fsp3) is 0.379. The highest BCUT2D eigenvalue weighted by Gasteiger charge is 2.41. The number of ether oxygens (including phenoxy) is 3. The summed E-state index contributed by atoms with van der Waals surface area (Å²) < 4.78 is 16.8. The highest BCUT2D eigenvalue weighted by atomic mass is 16.5. The number of rotatable bonds is 8. The number of benzene rings is 2. The fourth-order valence-electron chi connectivity index (χ4n) is 5.01. The number of dihydropyridines is 1. The Morgan fingerprint density at radius 3 is 2.49 bits per heavy atom. The topological polar surface area (TPSA) is 73.9 Å². The molecule has 2 aromatic rings. The molecule has 0 radical (unpaired) electrons. The zero-order chi connectivity index (χ0) is 24.9. The van der Waals surface area contributed by atoms with E-state index in [0.717, 1.165) is 23.2 Å². The molecule has 35 heavy (non-hydrogen) atoms. The third kappa shape index (κ3) is 4.97. The summed E-state index contributed by atoms with van der Waals surface area (Å²) in [4.78, 5) is 26.8. The minimum atomic E-state index is -0.538. The Hall–Kier alpha value is -3.54. The van der Waals surface area contributed by atoms with Gasteiger partial charge in [0.25, 0.3) is 0 Å². The van der Waals surface area contributed by atoms with Crippen LogP contribution in [-0.2, 0) is 14.3 Å². The Kier molecular flexibility index (Phi) is 7.59. The first kappa shape index (κ1) is 24.6. The molecule has 0 saturated carbocycles. The van der Waals surface area contributed by atoms with Gasteiger partial charge in [-0.3, -0.25) is 4.79 Å². The average Bonchev–Trinajstić information content (AvgIpc) is 2.87. The Bertz CT molecular complexity index is 1160. The highest BCUT2D eigenvalue weighted by Crippen LogP contribution is 2.47. The molecule has 1 N–H and O–H groups in total. The van der Waals surface area contributed by atoms with Crippen LogP contribution < -0.4 is 14.8 Å². The number of carbonyl (C=O) groups excluding carboxylic acids is 2. The molecule has 184 valence electrons. The number of nitrogens with one attached hydrogen (secondary N) is 1. The van der Waals surface area contributed by atoms with Gasteiger partial charge in [0.2, 0.25) is 0 Å². The van der Waals surface area contributed by atoms with E-state index in [1.807, 2.05) is 50.2 Å². The van der Waals surface area contributed by atoms with Crippen molar-refractivity contribution in [3.63, 3.8) is 0 Å². The van der Waals surface area contributed by atoms with Gasteiger partial charge < -0.3 is 19.5 Å². The maximum Gasteiger partial charge on any atom is 0.336 e. The molecule has 6 nitrogen and oxygen atoms in total. The largest absolute Gasteiger partial charge is 0.493 e. The van der Waals surface area contributed by atoms with E-state index in [-0.39, 0.29) is 18.3 Å². The van der Waals surface area contributed by atoms with E-state index in [0.29, 0.717) is 47.8 Å². The molecule has 0 saturated heterocycles. The van der Waals surface area contributed by atoms with E-state index in [9.17, 15) is 9.59 Å². The molecule has 1 heterocycles. The van der Waals surface area contributed by atoms with Crippen LogP contribution >= 0.6 is 0 Å². The van der Waals surface area contributed by atoms with Crippen molar-refractivity contribution in [2.45, 2.75) is 51.9 Å². The number of methoxy groups -OCH3 is 1. The van der Waals surface area contributed by atoms with Crippen molar-refractivity contribution in [1.82, 2.24) is 5.32 Å². The lowest BCUT2D eigenvalue weighted by Gasteiger charge is -2.36. The predicted molar refractivity (Wildman–Crippen MR) is 134 cm³/mol. The van der Waals surface area contributed by atoms with E-state index in [1.165, 1.54) is 0 Å². The summed E-state index contributed by atoms with van der Waals surface area (Å²) in [6.45, 7) is 6.52. The van der Waals surface area contributed by atoms with Gasteiger partial charge in [0.15, 0.2) is 17.3 Å². The van der Waals surface area contributed by atoms with Crippen LogP contribution in [0.2, 0.25) is 0 Å². The minimum absolute atomic E-state index is 0.0391. The smallest absolute Gasteiger partial charge is 0.336 e. The fourth-order valence-corrected chi connectivity index (χ4v) is 5.01. The van der Waals surface area contributed by atoms with Gasteiger partial charge in [-0.15, -0.1) is 0 Å². The first-order valence-corrected chi connectivity index (χ1v) is 12.2. The van der Waals surface area contributed by atoms with Crippen LogP contribution in [0.25, 0.3) is 0 Å². The molecule has 4 rings (SSSR count). The average molecular weight is 476 g/mol. The van der Waals surface area contributed by atoms with E-state index in [4.69, 9.17) is 14.2 Å². The first-order valence-electron chi connectivity index (χ1n) is 12.2. The van der Waals surface area contributed by atoms with Crippen molar-refractivity contribution in [2.24, 2.45) is 0 Å². The van der Waals surface area contributed by atoms with E-state index < -0.39 is 11.9 Å². The molecule has 0 spiro atoms. The Labute approximate surface area is 207 Å². The van der Waals surface area contributed by atoms with Gasteiger partial charge in [-0.2, -0.15) is 0 Å². The molecule has 2 aromatic carbocycles. The Morgan fingerprint density at radius 1 is 1.03 bits per heavy atom. The van der Waals surface area contributed by atoms with Crippen molar-refractivity contribution < 1.29 is 23.8 Å². The molecular weight excluding hydrogens is 442 g/mol. The van der Waals surface area contributed by atoms with E-state index >= 15 is 0 Å². The highest BCUT2D eigenvalue weighted by molar-refractivity contribution is 6.04. The third-order valence-electron chi connectivity index (χ3n) is 6.58. The monoisotopic (exact) mass is 475 g/mol. The van der Waals surface area contributed by atoms with Crippen LogP contribution in [0.5, 0.6) is 11.5 Å². The first-order chi connectivity index (χ1) is 17.0. The molecule has 0 bridgehead atoms. The van der Waals surface area contributed by atoms with Crippen molar-refractivity contribution in [1.29, 1.82) is 0 Å². The van der Waals surface area contributed by atoms with Gasteiger partial charge in [0, 0.05) is 29.3 Å². The summed E-state index contributed by atoms with van der Waals surface area (Å²) in [5, 5.41) is 3.39. The standard InChI is InChI=1S/C29H33NO5/c1-5-14-35-24-13-12-20(17-25(24)33-4)27-26(29(32)34-6-2)18(3)30-22-15-21(16-23(31)28(22)27)19-10-8-7-9-11-19/h7-13,17,21,27,30H,5-6,14-16H2,1-4H3/t21-,27-/m0/s1. The lowest BCUT2D eigenvalue weighted by atomic mass is 9.71. The zero-order valence-electron chi connectivity index (χ0n) is 20.9. The lowest BCUT2D eigenvalue weighted by Crippen LogP contribution is -2.36. The molecule has 6 heteroatoms. The summed E-state index contributed by atoms with van der Waals surface area (Å²) in [5.74, 6) is 0.381. The van der Waals surface area contributed by atoms with Crippen LogP contribution in [0, 0.1) is 0 Å². The van der Waals surface area contributed by atoms with Gasteiger partial charge in [-0.25, -0.2) is 4.79 Å². The maximum absolute atomic E-state index is 13.7. The summed E-state index contributed by atoms with van der Waals surface area (Å²) in [6, 6.07) is 15.7. The molecule has 0 unspecified atom stereocenters. The predicted octanol–water partition coefficient (Wildman–Crippen LogP) is 5.41. The van der Waals surface area contributed by atoms with Gasteiger partial charge in [0.05, 0.1) is 25.9 Å². The number of carbonyl (C=O) groups is 2. The molecule has 1 aliphatic heterocycles. The van der Waals surface area contributed by atoms with Gasteiger partial charge >= 0.3 is 5.97 Å². The quantitative estimate of drug-likeness (QED) is 0.515. The van der Waals surface area contributed by atoms with Gasteiger partial charge in [0.1, 0.15) is 0 Å². The number of hydrogen-bond acceptors (Lipinski definition) is 6. The number of Topliss-reactive ketones (excluding diaryl/α,β-unsaturated/α-hetero) is 1. The van der Waals surface area contributed by atoms with Crippen molar-refractivity contribution >= 4 is 11.8 Å². The van der Waals surface area contributed by atoms with Crippen molar-refractivity contribution in [2.75, 3.05) is 20.3 Å². The summed E-state index contributed by atoms with van der Waals surface area (Å²) in [6.07, 6.45) is 1.97. The Morgan fingerprint density at radius 2 is 1.80 bits per heavy atom. The van der Waals surface area contributed by atoms with Crippen LogP contribution in [0.3, 0.4) is 0 Å². The summed E-state index contributed by atoms with van der Waals surface area (Å²) in [7, 11) is 1.59. The third-order valence-corrected chi connectivity index (χ3v) is 6.58. The molecule has 1 aliphatic carbocycles. The second-order valence-corrected chi connectivity index (χ2v) is 8.91. The molecule has 2 aliphatic rings. The zero-order valence-corrected chi connectivity index (χ0v) is 20.9. The number of ketones is 1. The molecule has 0 fully saturated rings. The molecular formula is C29H33NO5. The minimum Gasteiger partial charge on any atom is -0.493 e. The lowest BCUT2D eigenvalue weighted by molar-refractivity contribution is -0.138. The SMILES string of the molecule is CCCOc1ccc([C@H]2C(C(=O)OCC)=C(C)NC3=C2C(=O)C[C@@H](c2ccccc2)C3)cc1OC. The van der Waals surface area contributed by atoms with Crippen LogP contribution in [0.4, 0.5) is 0 Å². The van der Waals surface area contributed by atoms with Gasteiger partial charge in [-0.1, -0.05) is 43.3 Å². The normalized spacial score (nSPS) is 19.7. The summed E-state index contributed by atoms with van der Waals surface area (Å²) in [5.41, 5.74) is 4.61. The van der Waals surface area contributed by atoms with Crippen molar-refractivity contribution in [3.8, 4) is 11.5 Å². The molecule has 2 atom stereocenters. The summed E-state index contributed by atoms with van der Waals surface area (Å²) >= 11 is 0. The van der Waals surface area contributed by atoms with Crippen molar-refractivity contribution in [3.05, 3.63) is 82.2 Å². The van der Waals surface area contributed by atoms with E-state index in [2.05, 4.69) is 17.4 Å². The maximum atomic E-state index is 13.7. The number of esters is 1. The molecule has 0 aromatic heterocycles. The van der Waals surface area contributed by atoms with Crippen LogP contribution in [-0.4, -0.2) is 32.1 Å². The van der Waals surface area contributed by atoms with E-state index in [1.54, 1.807) is 14.0 Å². The van der Waals surface area contributed by atoms with Gasteiger partial charge in [-0.05, 0) is 55.9 Å². The number of hydrogen-bond donors (Lipinski definition) is 1. The second kappa shape index (κ2) is 10.8. The van der Waals surface area contributed by atoms with Crippen LogP contribution in [0.1, 0.15) is 63.0 Å². The molecule has 0 amide bonds. The number of allylic oxidation sites excluding steroid dienone is 3. The van der Waals surface area contributed by atoms with Crippen LogP contribution in [0.15, 0.2) is 71.1 Å². The Balaban J connectivity index is 1.80. The second-order valence-electron chi connectivity index (χ2n) is 8.91.